The smallest absolute Gasteiger partial charge is 0.216 e. The van der Waals surface area contributed by atoms with E-state index in [9.17, 15) is 0 Å². The average Bonchev–Trinajstić information content (AvgIpc) is 2.60. The van der Waals surface area contributed by atoms with Gasteiger partial charge in [0.1, 0.15) is 12.4 Å². The van der Waals surface area contributed by atoms with Crippen molar-refractivity contribution in [3.05, 3.63) is 18.6 Å². The third-order valence-corrected chi connectivity index (χ3v) is 3.15. The van der Waals surface area contributed by atoms with Gasteiger partial charge in [0.2, 0.25) is 5.88 Å². The zero-order chi connectivity index (χ0) is 10.7. The van der Waals surface area contributed by atoms with E-state index in [1.807, 2.05) is 0 Å². The van der Waals surface area contributed by atoms with E-state index in [4.69, 9.17) is 10.5 Å². The maximum Gasteiger partial charge on any atom is 0.216 e. The lowest BCUT2D eigenvalue weighted by Crippen LogP contribution is -2.17. The van der Waals surface area contributed by atoms with Gasteiger partial charge in [-0.25, -0.2) is 9.97 Å². The molecule has 1 aromatic rings. The fraction of sp³-hybridized carbons (Fsp3) is 0.636. The second-order valence-corrected chi connectivity index (χ2v) is 4.23. The van der Waals surface area contributed by atoms with Crippen LogP contribution < -0.4 is 10.5 Å². The third-order valence-electron chi connectivity index (χ3n) is 3.15. The molecule has 0 aromatic carbocycles. The van der Waals surface area contributed by atoms with Crippen molar-refractivity contribution in [2.24, 2.45) is 17.6 Å². The van der Waals surface area contributed by atoms with Crippen LogP contribution in [0.1, 0.15) is 19.8 Å². The van der Waals surface area contributed by atoms with Gasteiger partial charge in [0.15, 0.2) is 0 Å². The molecule has 2 N–H and O–H groups in total. The number of rotatable bonds is 3. The van der Waals surface area contributed by atoms with Gasteiger partial charge >= 0.3 is 0 Å². The second kappa shape index (κ2) is 4.57. The molecule has 1 fully saturated rings. The molecule has 0 unspecified atom stereocenters. The molecule has 1 saturated carbocycles. The van der Waals surface area contributed by atoms with Crippen molar-refractivity contribution < 1.29 is 4.74 Å². The Bertz CT molecular complexity index is 304. The molecule has 3 atom stereocenters. The average molecular weight is 207 g/mol. The van der Waals surface area contributed by atoms with Crippen LogP contribution in [0.3, 0.4) is 0 Å². The lowest BCUT2D eigenvalue weighted by atomic mass is 9.99. The molecule has 0 radical (unpaired) electrons. The van der Waals surface area contributed by atoms with Gasteiger partial charge in [-0.15, -0.1) is 0 Å². The third kappa shape index (κ3) is 2.45. The number of aromatic nitrogens is 2. The van der Waals surface area contributed by atoms with Gasteiger partial charge in [-0.05, 0) is 31.2 Å². The van der Waals surface area contributed by atoms with Crippen LogP contribution in [0.4, 0.5) is 0 Å². The molecule has 0 aliphatic heterocycles. The number of hydrogen-bond donors (Lipinski definition) is 1. The fourth-order valence-electron chi connectivity index (χ4n) is 2.22. The normalized spacial score (nSPS) is 30.4. The van der Waals surface area contributed by atoms with Crippen LogP contribution in [0.2, 0.25) is 0 Å². The van der Waals surface area contributed by atoms with E-state index in [0.29, 0.717) is 17.7 Å². The Morgan fingerprint density at radius 1 is 1.53 bits per heavy atom. The summed E-state index contributed by atoms with van der Waals surface area (Å²) in [5.74, 6) is 1.92. The molecule has 0 saturated heterocycles. The first kappa shape index (κ1) is 10.4. The van der Waals surface area contributed by atoms with Crippen LogP contribution in [-0.4, -0.2) is 22.6 Å². The Balaban J connectivity index is 1.92. The summed E-state index contributed by atoms with van der Waals surface area (Å²) in [6.45, 7) is 2.99. The van der Waals surface area contributed by atoms with Crippen LogP contribution in [0.15, 0.2) is 18.6 Å². The molecule has 1 heterocycles. The number of hydrogen-bond acceptors (Lipinski definition) is 4. The van der Waals surface area contributed by atoms with E-state index in [1.54, 1.807) is 12.3 Å². The predicted octanol–water partition coefficient (Wildman–Crippen LogP) is 1.23. The first-order valence-electron chi connectivity index (χ1n) is 5.42. The molecular formula is C11H17N3O. The zero-order valence-electron chi connectivity index (χ0n) is 8.97. The number of nitrogens with zero attached hydrogens (tertiary/aromatic N) is 2. The van der Waals surface area contributed by atoms with Gasteiger partial charge in [0, 0.05) is 12.3 Å². The molecule has 0 spiro atoms. The Morgan fingerprint density at radius 3 is 3.00 bits per heavy atom. The summed E-state index contributed by atoms with van der Waals surface area (Å²) >= 11 is 0. The topological polar surface area (TPSA) is 61.0 Å². The molecule has 2 rings (SSSR count). The molecule has 4 nitrogen and oxygen atoms in total. The molecule has 15 heavy (non-hydrogen) atoms. The maximum atomic E-state index is 5.77. The largest absolute Gasteiger partial charge is 0.474 e. The van der Waals surface area contributed by atoms with E-state index in [1.165, 1.54) is 6.33 Å². The van der Waals surface area contributed by atoms with Crippen molar-refractivity contribution in [3.63, 3.8) is 0 Å². The van der Waals surface area contributed by atoms with E-state index in [2.05, 4.69) is 16.9 Å². The van der Waals surface area contributed by atoms with Crippen LogP contribution in [0.25, 0.3) is 0 Å². The molecule has 1 aromatic heterocycles. The fourth-order valence-corrected chi connectivity index (χ4v) is 2.22. The summed E-state index contributed by atoms with van der Waals surface area (Å²) in [6, 6.07) is 1.79. The summed E-state index contributed by atoms with van der Waals surface area (Å²) in [5.41, 5.74) is 5.70. The van der Waals surface area contributed by atoms with Crippen molar-refractivity contribution in [2.45, 2.75) is 25.9 Å². The minimum absolute atomic E-state index is 0.267. The van der Waals surface area contributed by atoms with Crippen LogP contribution in [0.5, 0.6) is 5.88 Å². The summed E-state index contributed by atoms with van der Waals surface area (Å²) in [6.07, 6.45) is 5.59. The van der Waals surface area contributed by atoms with Crippen molar-refractivity contribution in [1.29, 1.82) is 0 Å². The Kier molecular flexibility index (Phi) is 3.16. The first-order valence-corrected chi connectivity index (χ1v) is 5.42. The summed E-state index contributed by atoms with van der Waals surface area (Å²) in [5, 5.41) is 0. The van der Waals surface area contributed by atoms with Gasteiger partial charge in [-0.1, -0.05) is 6.92 Å². The van der Waals surface area contributed by atoms with Crippen molar-refractivity contribution in [2.75, 3.05) is 6.54 Å². The predicted molar refractivity (Wildman–Crippen MR) is 57.4 cm³/mol. The maximum absolute atomic E-state index is 5.77. The van der Waals surface area contributed by atoms with E-state index in [-0.39, 0.29) is 6.10 Å². The zero-order valence-corrected chi connectivity index (χ0v) is 8.97. The lowest BCUT2D eigenvalue weighted by Gasteiger charge is -2.12. The summed E-state index contributed by atoms with van der Waals surface area (Å²) < 4.78 is 5.77. The second-order valence-electron chi connectivity index (χ2n) is 4.23. The summed E-state index contributed by atoms with van der Waals surface area (Å²) in [7, 11) is 0. The van der Waals surface area contributed by atoms with Gasteiger partial charge in [0.25, 0.3) is 0 Å². The van der Waals surface area contributed by atoms with Crippen molar-refractivity contribution >= 4 is 0 Å². The van der Waals surface area contributed by atoms with E-state index in [0.717, 1.165) is 19.4 Å². The molecule has 82 valence electrons. The van der Waals surface area contributed by atoms with Crippen molar-refractivity contribution in [1.82, 2.24) is 9.97 Å². The minimum Gasteiger partial charge on any atom is -0.474 e. The number of nitrogens with two attached hydrogens (primary N) is 1. The molecular weight excluding hydrogens is 190 g/mol. The highest BCUT2D eigenvalue weighted by Crippen LogP contribution is 2.32. The van der Waals surface area contributed by atoms with Crippen LogP contribution >= 0.6 is 0 Å². The van der Waals surface area contributed by atoms with Gasteiger partial charge in [-0.3, -0.25) is 0 Å². The Hall–Kier alpha value is -1.16. The van der Waals surface area contributed by atoms with Crippen molar-refractivity contribution in [3.8, 4) is 5.88 Å². The SMILES string of the molecule is C[C@H]1C[C@H](Oc2ccncn2)C[C@@H]1CN. The van der Waals surface area contributed by atoms with Gasteiger partial charge in [-0.2, -0.15) is 0 Å². The Labute approximate surface area is 89.9 Å². The highest BCUT2D eigenvalue weighted by Gasteiger charge is 2.31. The first-order chi connectivity index (χ1) is 7.29. The van der Waals surface area contributed by atoms with Crippen LogP contribution in [-0.2, 0) is 0 Å². The highest BCUT2D eigenvalue weighted by atomic mass is 16.5. The van der Waals surface area contributed by atoms with Gasteiger partial charge in [0.05, 0.1) is 0 Å². The molecule has 1 aliphatic rings. The van der Waals surface area contributed by atoms with E-state index >= 15 is 0 Å². The highest BCUT2D eigenvalue weighted by molar-refractivity contribution is 5.05. The summed E-state index contributed by atoms with van der Waals surface area (Å²) in [4.78, 5) is 7.91. The molecule has 0 bridgehead atoms. The Morgan fingerprint density at radius 2 is 2.40 bits per heavy atom. The monoisotopic (exact) mass is 207 g/mol. The number of ether oxygens (including phenoxy) is 1. The lowest BCUT2D eigenvalue weighted by molar-refractivity contribution is 0.194. The van der Waals surface area contributed by atoms with Gasteiger partial charge < -0.3 is 10.5 Å². The standard InChI is InChI=1S/C11H17N3O/c1-8-4-10(5-9(8)6-12)15-11-2-3-13-7-14-11/h2-3,7-10H,4-6,12H2,1H3/t8-,9+,10-/m0/s1. The van der Waals surface area contributed by atoms with E-state index < -0.39 is 0 Å². The minimum atomic E-state index is 0.267. The van der Waals surface area contributed by atoms with Crippen LogP contribution in [0, 0.1) is 11.8 Å². The molecule has 0 amide bonds. The molecule has 4 heteroatoms. The quantitative estimate of drug-likeness (QED) is 0.809. The molecule has 1 aliphatic carbocycles.